The van der Waals surface area contributed by atoms with Crippen molar-refractivity contribution in [2.75, 3.05) is 16.8 Å². The number of nitrogens with zero attached hydrogens (tertiary/aromatic N) is 1. The van der Waals surface area contributed by atoms with Crippen LogP contribution in [0.3, 0.4) is 0 Å². The molecule has 1 saturated heterocycles. The molecule has 1 aromatic rings. The summed E-state index contributed by atoms with van der Waals surface area (Å²) in [5.41, 5.74) is 2.83. The van der Waals surface area contributed by atoms with Crippen LogP contribution in [0.25, 0.3) is 0 Å². The van der Waals surface area contributed by atoms with Gasteiger partial charge in [0.1, 0.15) is 0 Å². The van der Waals surface area contributed by atoms with Crippen LogP contribution < -0.4 is 10.2 Å². The molecule has 1 N–H and O–H groups in total. The fraction of sp³-hybridized carbons (Fsp3) is 0.474. The molecular weight excluding hydrogens is 288 g/mol. The number of amides is 2. The van der Waals surface area contributed by atoms with E-state index in [0.717, 1.165) is 42.7 Å². The summed E-state index contributed by atoms with van der Waals surface area (Å²) >= 11 is 0. The van der Waals surface area contributed by atoms with Gasteiger partial charge in [0.05, 0.1) is 0 Å². The molecule has 0 aromatic heterocycles. The predicted molar refractivity (Wildman–Crippen MR) is 90.2 cm³/mol. The molecule has 4 rings (SSSR count). The number of aryl methyl sites for hydroxylation is 1. The van der Waals surface area contributed by atoms with Crippen LogP contribution >= 0.6 is 0 Å². The number of anilines is 2. The number of rotatable bonds is 3. The number of carbonyl (C=O) groups is 2. The van der Waals surface area contributed by atoms with E-state index in [9.17, 15) is 9.59 Å². The Hall–Kier alpha value is -2.10. The lowest BCUT2D eigenvalue weighted by Crippen LogP contribution is -2.26. The fourth-order valence-electron chi connectivity index (χ4n) is 4.26. The number of benzene rings is 1. The van der Waals surface area contributed by atoms with E-state index in [1.807, 2.05) is 30.0 Å². The van der Waals surface area contributed by atoms with Gasteiger partial charge in [-0.1, -0.05) is 12.2 Å². The molecule has 0 spiro atoms. The van der Waals surface area contributed by atoms with Gasteiger partial charge in [-0.3, -0.25) is 9.59 Å². The smallest absolute Gasteiger partial charge is 0.228 e. The standard InChI is InChI=1S/C19H22N2O2/c1-12-9-15(6-7-17(12)21-8-2-3-18(21)22)20-19(23)16-11-13-4-5-14(16)10-13/h4-7,9,13-14,16H,2-3,8,10-11H2,1H3,(H,20,23)/t13-,14-,16-/m0/s1. The van der Waals surface area contributed by atoms with Crippen molar-refractivity contribution in [1.82, 2.24) is 0 Å². The lowest BCUT2D eigenvalue weighted by Gasteiger charge is -2.20. The maximum absolute atomic E-state index is 12.5. The molecule has 4 nitrogen and oxygen atoms in total. The van der Waals surface area contributed by atoms with Gasteiger partial charge < -0.3 is 10.2 Å². The molecule has 0 unspecified atom stereocenters. The van der Waals surface area contributed by atoms with Crippen LogP contribution in [0.4, 0.5) is 11.4 Å². The maximum Gasteiger partial charge on any atom is 0.228 e. The Labute approximate surface area is 136 Å². The highest BCUT2D eigenvalue weighted by Gasteiger charge is 2.39. The minimum atomic E-state index is 0.116. The Morgan fingerprint density at radius 3 is 2.74 bits per heavy atom. The Balaban J connectivity index is 1.47. The highest BCUT2D eigenvalue weighted by molar-refractivity contribution is 5.97. The van der Waals surface area contributed by atoms with Gasteiger partial charge in [-0.15, -0.1) is 0 Å². The van der Waals surface area contributed by atoms with Crippen molar-refractivity contribution >= 4 is 23.2 Å². The molecule has 1 aromatic carbocycles. The van der Waals surface area contributed by atoms with Crippen molar-refractivity contribution in [2.24, 2.45) is 17.8 Å². The molecule has 2 amide bonds. The first-order chi connectivity index (χ1) is 11.1. The molecule has 23 heavy (non-hydrogen) atoms. The Bertz CT molecular complexity index is 695. The third-order valence-corrected chi connectivity index (χ3v) is 5.44. The number of allylic oxidation sites excluding steroid dienone is 2. The second kappa shape index (κ2) is 5.52. The molecule has 1 aliphatic heterocycles. The number of carbonyl (C=O) groups excluding carboxylic acids is 2. The summed E-state index contributed by atoms with van der Waals surface area (Å²) in [6, 6.07) is 5.84. The SMILES string of the molecule is Cc1cc(NC(=O)[C@H]2C[C@H]3C=C[C@H]2C3)ccc1N1CCCC1=O. The zero-order valence-corrected chi connectivity index (χ0v) is 13.4. The normalized spacial score (nSPS) is 28.7. The van der Waals surface area contributed by atoms with E-state index in [1.54, 1.807) is 0 Å². The van der Waals surface area contributed by atoms with Crippen LogP contribution in [-0.4, -0.2) is 18.4 Å². The quantitative estimate of drug-likeness (QED) is 0.871. The molecule has 1 saturated carbocycles. The van der Waals surface area contributed by atoms with Crippen molar-refractivity contribution in [3.63, 3.8) is 0 Å². The Morgan fingerprint density at radius 2 is 2.13 bits per heavy atom. The third-order valence-electron chi connectivity index (χ3n) is 5.44. The molecule has 4 heteroatoms. The van der Waals surface area contributed by atoms with Gasteiger partial charge in [0.2, 0.25) is 11.8 Å². The molecular formula is C19H22N2O2. The third kappa shape index (κ3) is 2.56. The van der Waals surface area contributed by atoms with Crippen molar-refractivity contribution in [3.05, 3.63) is 35.9 Å². The molecule has 2 bridgehead atoms. The first-order valence-electron chi connectivity index (χ1n) is 8.52. The Kier molecular flexibility index (Phi) is 3.47. The van der Waals surface area contributed by atoms with Gasteiger partial charge in [-0.25, -0.2) is 0 Å². The van der Waals surface area contributed by atoms with Gasteiger partial charge in [0.15, 0.2) is 0 Å². The van der Waals surface area contributed by atoms with Crippen molar-refractivity contribution in [2.45, 2.75) is 32.6 Å². The van der Waals surface area contributed by atoms with Crippen LogP contribution in [0.15, 0.2) is 30.4 Å². The molecule has 3 atom stereocenters. The van der Waals surface area contributed by atoms with Gasteiger partial charge in [0, 0.05) is 30.3 Å². The van der Waals surface area contributed by atoms with Crippen LogP contribution in [0, 0.1) is 24.7 Å². The van der Waals surface area contributed by atoms with Crippen molar-refractivity contribution in [3.8, 4) is 0 Å². The van der Waals surface area contributed by atoms with Crippen LogP contribution in [-0.2, 0) is 9.59 Å². The van der Waals surface area contributed by atoms with E-state index < -0.39 is 0 Å². The molecule has 3 aliphatic rings. The van der Waals surface area contributed by atoms with Gasteiger partial charge in [-0.2, -0.15) is 0 Å². The number of hydrogen-bond donors (Lipinski definition) is 1. The molecule has 2 aliphatic carbocycles. The molecule has 1 heterocycles. The summed E-state index contributed by atoms with van der Waals surface area (Å²) in [6.45, 7) is 2.79. The lowest BCUT2D eigenvalue weighted by molar-refractivity contribution is -0.120. The second-order valence-electron chi connectivity index (χ2n) is 7.03. The van der Waals surface area contributed by atoms with Crippen molar-refractivity contribution < 1.29 is 9.59 Å². The van der Waals surface area contributed by atoms with Gasteiger partial charge >= 0.3 is 0 Å². The Morgan fingerprint density at radius 1 is 1.26 bits per heavy atom. The zero-order chi connectivity index (χ0) is 16.0. The average molecular weight is 310 g/mol. The largest absolute Gasteiger partial charge is 0.326 e. The van der Waals surface area contributed by atoms with Crippen LogP contribution in [0.5, 0.6) is 0 Å². The van der Waals surface area contributed by atoms with Gasteiger partial charge in [-0.05, 0) is 61.8 Å². The lowest BCUT2D eigenvalue weighted by atomic mass is 9.93. The van der Waals surface area contributed by atoms with Crippen LogP contribution in [0.1, 0.15) is 31.2 Å². The summed E-state index contributed by atoms with van der Waals surface area (Å²) < 4.78 is 0. The van der Waals surface area contributed by atoms with E-state index in [0.29, 0.717) is 18.3 Å². The molecule has 2 fully saturated rings. The topological polar surface area (TPSA) is 49.4 Å². The molecule has 0 radical (unpaired) electrons. The average Bonchev–Trinajstić information content (AvgIpc) is 3.24. The first-order valence-corrected chi connectivity index (χ1v) is 8.52. The second-order valence-corrected chi connectivity index (χ2v) is 7.03. The minimum Gasteiger partial charge on any atom is -0.326 e. The summed E-state index contributed by atoms with van der Waals surface area (Å²) in [5.74, 6) is 1.46. The monoisotopic (exact) mass is 310 g/mol. The maximum atomic E-state index is 12.5. The number of hydrogen-bond acceptors (Lipinski definition) is 2. The predicted octanol–water partition coefficient (Wildman–Crippen LogP) is 3.27. The van der Waals surface area contributed by atoms with E-state index in [2.05, 4.69) is 17.5 Å². The van der Waals surface area contributed by atoms with Crippen molar-refractivity contribution in [1.29, 1.82) is 0 Å². The van der Waals surface area contributed by atoms with Crippen LogP contribution in [0.2, 0.25) is 0 Å². The number of fused-ring (bicyclic) bond motifs is 2. The first kappa shape index (κ1) is 14.5. The highest BCUT2D eigenvalue weighted by Crippen LogP contribution is 2.43. The summed E-state index contributed by atoms with van der Waals surface area (Å²) in [5, 5.41) is 3.06. The minimum absolute atomic E-state index is 0.116. The summed E-state index contributed by atoms with van der Waals surface area (Å²) in [7, 11) is 0. The van der Waals surface area contributed by atoms with E-state index >= 15 is 0 Å². The van der Waals surface area contributed by atoms with E-state index in [-0.39, 0.29) is 17.7 Å². The fourth-order valence-corrected chi connectivity index (χ4v) is 4.26. The van der Waals surface area contributed by atoms with E-state index in [1.165, 1.54) is 0 Å². The summed E-state index contributed by atoms with van der Waals surface area (Å²) in [4.78, 5) is 26.2. The zero-order valence-electron chi connectivity index (χ0n) is 13.4. The highest BCUT2D eigenvalue weighted by atomic mass is 16.2. The van der Waals surface area contributed by atoms with E-state index in [4.69, 9.17) is 0 Å². The summed E-state index contributed by atoms with van der Waals surface area (Å²) in [6.07, 6.45) is 8.12. The molecule has 120 valence electrons. The van der Waals surface area contributed by atoms with Gasteiger partial charge in [0.25, 0.3) is 0 Å². The number of nitrogens with one attached hydrogen (secondary N) is 1.